The second-order valence-corrected chi connectivity index (χ2v) is 5.91. The summed E-state index contributed by atoms with van der Waals surface area (Å²) in [5.41, 5.74) is 1.97. The number of thioether (sulfide) groups is 1. The number of hydrogen-bond acceptors (Lipinski definition) is 6. The summed E-state index contributed by atoms with van der Waals surface area (Å²) in [5.74, 6) is -0.512. The fourth-order valence-electron chi connectivity index (χ4n) is 2.42. The molecule has 0 saturated carbocycles. The van der Waals surface area contributed by atoms with E-state index in [0.29, 0.717) is 17.9 Å². The SMILES string of the molecule is CCOC(=O)c1cccc(NC(=O)CC2=CSC3=NCCN23)c1. The number of carbonyl (C=O) groups excluding carboxylic acids is 2. The van der Waals surface area contributed by atoms with E-state index in [1.54, 1.807) is 43.0 Å². The minimum absolute atomic E-state index is 0.119. The van der Waals surface area contributed by atoms with Crippen molar-refractivity contribution in [3.8, 4) is 0 Å². The van der Waals surface area contributed by atoms with Gasteiger partial charge in [0.15, 0.2) is 5.17 Å². The summed E-state index contributed by atoms with van der Waals surface area (Å²) in [6.07, 6.45) is 0.287. The number of nitrogens with one attached hydrogen (secondary N) is 1. The third kappa shape index (κ3) is 3.56. The van der Waals surface area contributed by atoms with Crippen LogP contribution in [0.4, 0.5) is 5.69 Å². The molecule has 0 aromatic heterocycles. The van der Waals surface area contributed by atoms with Crippen LogP contribution in [0.3, 0.4) is 0 Å². The summed E-state index contributed by atoms with van der Waals surface area (Å²) in [6.45, 7) is 3.69. The first-order valence-electron chi connectivity index (χ1n) is 7.42. The van der Waals surface area contributed by atoms with Gasteiger partial charge in [-0.05, 0) is 30.5 Å². The molecule has 2 heterocycles. The van der Waals surface area contributed by atoms with Gasteiger partial charge in [0.1, 0.15) is 0 Å². The molecule has 2 aliphatic rings. The molecule has 1 aromatic carbocycles. The van der Waals surface area contributed by atoms with E-state index in [1.165, 1.54) is 0 Å². The number of anilines is 1. The highest BCUT2D eigenvalue weighted by Crippen LogP contribution is 2.30. The number of carbonyl (C=O) groups is 2. The molecular weight excluding hydrogens is 314 g/mol. The van der Waals surface area contributed by atoms with Crippen molar-refractivity contribution in [1.82, 2.24) is 4.90 Å². The molecule has 0 saturated heterocycles. The smallest absolute Gasteiger partial charge is 0.338 e. The lowest BCUT2D eigenvalue weighted by molar-refractivity contribution is -0.115. The predicted molar refractivity (Wildman–Crippen MR) is 90.3 cm³/mol. The number of benzene rings is 1. The summed E-state index contributed by atoms with van der Waals surface area (Å²) in [7, 11) is 0. The first kappa shape index (κ1) is 15.6. The van der Waals surface area contributed by atoms with Crippen LogP contribution in [0, 0.1) is 0 Å². The van der Waals surface area contributed by atoms with Crippen molar-refractivity contribution in [1.29, 1.82) is 0 Å². The molecule has 3 rings (SSSR count). The van der Waals surface area contributed by atoms with E-state index in [-0.39, 0.29) is 12.3 Å². The van der Waals surface area contributed by atoms with Crippen LogP contribution in [0.1, 0.15) is 23.7 Å². The van der Waals surface area contributed by atoms with E-state index in [4.69, 9.17) is 4.74 Å². The maximum atomic E-state index is 12.2. The van der Waals surface area contributed by atoms with E-state index in [2.05, 4.69) is 15.2 Å². The van der Waals surface area contributed by atoms with E-state index in [1.807, 2.05) is 5.41 Å². The average molecular weight is 331 g/mol. The van der Waals surface area contributed by atoms with Crippen LogP contribution in [0.25, 0.3) is 0 Å². The normalized spacial score (nSPS) is 15.8. The molecule has 120 valence electrons. The van der Waals surface area contributed by atoms with Crippen LogP contribution in [-0.4, -0.2) is 41.6 Å². The van der Waals surface area contributed by atoms with Crippen molar-refractivity contribution in [3.63, 3.8) is 0 Å². The Kier molecular flexibility index (Phi) is 4.66. The zero-order chi connectivity index (χ0) is 16.2. The number of nitrogens with zero attached hydrogens (tertiary/aromatic N) is 2. The number of fused-ring (bicyclic) bond motifs is 1. The van der Waals surface area contributed by atoms with Gasteiger partial charge in [-0.1, -0.05) is 17.8 Å². The van der Waals surface area contributed by atoms with Crippen molar-refractivity contribution < 1.29 is 14.3 Å². The fraction of sp³-hybridized carbons (Fsp3) is 0.312. The van der Waals surface area contributed by atoms with E-state index in [9.17, 15) is 9.59 Å². The molecule has 1 N–H and O–H groups in total. The highest BCUT2D eigenvalue weighted by Gasteiger charge is 2.27. The zero-order valence-corrected chi connectivity index (χ0v) is 13.6. The molecule has 0 radical (unpaired) electrons. The number of rotatable bonds is 5. The quantitative estimate of drug-likeness (QED) is 0.839. The standard InChI is InChI=1S/C16H17N3O3S/c1-2-22-15(21)11-4-3-5-12(8-11)18-14(20)9-13-10-23-16-17-6-7-19(13)16/h3-5,8,10H,2,6-7,9H2,1H3,(H,18,20). The van der Waals surface area contributed by atoms with Crippen LogP contribution >= 0.6 is 11.8 Å². The number of amides is 1. The van der Waals surface area contributed by atoms with E-state index >= 15 is 0 Å². The molecule has 1 amide bonds. The second kappa shape index (κ2) is 6.87. The third-order valence-corrected chi connectivity index (χ3v) is 4.40. The topological polar surface area (TPSA) is 71.0 Å². The van der Waals surface area contributed by atoms with Gasteiger partial charge in [0, 0.05) is 17.9 Å². The van der Waals surface area contributed by atoms with E-state index < -0.39 is 5.97 Å². The number of ether oxygens (including phenoxy) is 1. The lowest BCUT2D eigenvalue weighted by Gasteiger charge is -2.16. The van der Waals surface area contributed by atoms with Crippen molar-refractivity contribution in [2.45, 2.75) is 13.3 Å². The summed E-state index contributed by atoms with van der Waals surface area (Å²) in [5, 5.41) is 5.76. The van der Waals surface area contributed by atoms with Crippen LogP contribution < -0.4 is 5.32 Å². The Hall–Kier alpha value is -2.28. The lowest BCUT2D eigenvalue weighted by atomic mass is 10.2. The van der Waals surface area contributed by atoms with Crippen LogP contribution in [0.5, 0.6) is 0 Å². The first-order chi connectivity index (χ1) is 11.2. The van der Waals surface area contributed by atoms with Gasteiger partial charge in [0.2, 0.25) is 5.91 Å². The Labute approximate surface area is 138 Å². The van der Waals surface area contributed by atoms with Gasteiger partial charge >= 0.3 is 5.97 Å². The highest BCUT2D eigenvalue weighted by molar-refractivity contribution is 8.16. The maximum Gasteiger partial charge on any atom is 0.338 e. The van der Waals surface area contributed by atoms with Gasteiger partial charge in [0.25, 0.3) is 0 Å². The molecule has 0 spiro atoms. The zero-order valence-electron chi connectivity index (χ0n) is 12.7. The highest BCUT2D eigenvalue weighted by atomic mass is 32.2. The molecule has 0 unspecified atom stereocenters. The van der Waals surface area contributed by atoms with Crippen LogP contribution in [0.15, 0.2) is 40.4 Å². The first-order valence-corrected chi connectivity index (χ1v) is 8.30. The molecule has 0 bridgehead atoms. The Bertz CT molecular complexity index is 700. The van der Waals surface area contributed by atoms with Gasteiger partial charge in [-0.3, -0.25) is 9.79 Å². The molecule has 1 aromatic rings. The number of amidine groups is 1. The largest absolute Gasteiger partial charge is 0.462 e. The van der Waals surface area contributed by atoms with Crippen molar-refractivity contribution >= 4 is 34.5 Å². The molecule has 2 aliphatic heterocycles. The Balaban J connectivity index is 1.61. The van der Waals surface area contributed by atoms with Gasteiger partial charge < -0.3 is 15.0 Å². The maximum absolute atomic E-state index is 12.2. The van der Waals surface area contributed by atoms with Crippen LogP contribution in [0.2, 0.25) is 0 Å². The minimum Gasteiger partial charge on any atom is -0.462 e. The molecule has 0 aliphatic carbocycles. The molecule has 0 fully saturated rings. The van der Waals surface area contributed by atoms with Crippen molar-refractivity contribution in [3.05, 3.63) is 40.9 Å². The molecule has 23 heavy (non-hydrogen) atoms. The average Bonchev–Trinajstić information content (AvgIpc) is 3.13. The van der Waals surface area contributed by atoms with E-state index in [0.717, 1.165) is 24.0 Å². The Morgan fingerprint density at radius 3 is 3.13 bits per heavy atom. The Morgan fingerprint density at radius 2 is 2.30 bits per heavy atom. The van der Waals surface area contributed by atoms with Crippen molar-refractivity contribution in [2.75, 3.05) is 25.0 Å². The number of esters is 1. The summed E-state index contributed by atoms with van der Waals surface area (Å²) in [4.78, 5) is 30.4. The molecular formula is C16H17N3O3S. The van der Waals surface area contributed by atoms with Crippen LogP contribution in [-0.2, 0) is 9.53 Å². The van der Waals surface area contributed by atoms with Gasteiger partial charge in [-0.2, -0.15) is 0 Å². The predicted octanol–water partition coefficient (Wildman–Crippen LogP) is 2.45. The lowest BCUT2D eigenvalue weighted by Crippen LogP contribution is -2.24. The number of hydrogen-bond donors (Lipinski definition) is 1. The summed E-state index contributed by atoms with van der Waals surface area (Å²) >= 11 is 1.55. The third-order valence-electron chi connectivity index (χ3n) is 3.45. The molecule has 6 nitrogen and oxygen atoms in total. The number of aliphatic imine (C=N–C) groups is 1. The monoisotopic (exact) mass is 331 g/mol. The molecule has 0 atom stereocenters. The molecule has 7 heteroatoms. The van der Waals surface area contributed by atoms with Crippen molar-refractivity contribution in [2.24, 2.45) is 4.99 Å². The minimum atomic E-state index is -0.392. The van der Waals surface area contributed by atoms with Gasteiger partial charge in [0.05, 0.1) is 25.1 Å². The summed E-state index contributed by atoms with van der Waals surface area (Å²) < 4.78 is 4.96. The fourth-order valence-corrected chi connectivity index (χ4v) is 3.38. The second-order valence-electron chi connectivity index (χ2n) is 5.07. The summed E-state index contributed by atoms with van der Waals surface area (Å²) in [6, 6.07) is 6.76. The van der Waals surface area contributed by atoms with Gasteiger partial charge in [-0.25, -0.2) is 4.79 Å². The Morgan fingerprint density at radius 1 is 1.43 bits per heavy atom. The van der Waals surface area contributed by atoms with Gasteiger partial charge in [-0.15, -0.1) is 0 Å².